The molecule has 0 atom stereocenters. The van der Waals surface area contributed by atoms with E-state index < -0.39 is 0 Å². The molecule has 1 aliphatic rings. The number of aryl methyl sites for hydroxylation is 2. The number of carbonyl (C=O) groups excluding carboxylic acids is 1. The predicted molar refractivity (Wildman–Crippen MR) is 111 cm³/mol. The molecule has 27 heavy (non-hydrogen) atoms. The maximum absolute atomic E-state index is 12.3. The number of benzene rings is 1. The fourth-order valence-electron chi connectivity index (χ4n) is 3.67. The smallest absolute Gasteiger partial charge is 0.234 e. The minimum absolute atomic E-state index is 0.00263. The van der Waals surface area contributed by atoms with Gasteiger partial charge in [0.2, 0.25) is 5.91 Å². The molecule has 1 heterocycles. The van der Waals surface area contributed by atoms with E-state index in [9.17, 15) is 4.79 Å². The maximum atomic E-state index is 12.3. The molecule has 0 unspecified atom stereocenters. The van der Waals surface area contributed by atoms with Gasteiger partial charge in [-0.05, 0) is 50.3 Å². The van der Waals surface area contributed by atoms with Crippen LogP contribution in [0.1, 0.15) is 69.3 Å². The molecular weight excluding hydrogens is 356 g/mol. The number of rotatable bonds is 8. The Morgan fingerprint density at radius 1 is 1.19 bits per heavy atom. The van der Waals surface area contributed by atoms with Gasteiger partial charge in [-0.1, -0.05) is 56.5 Å². The molecule has 0 spiro atoms. The number of hydrogen-bond acceptors (Lipinski definition) is 4. The molecule has 0 bridgehead atoms. The van der Waals surface area contributed by atoms with E-state index in [0.29, 0.717) is 11.8 Å². The van der Waals surface area contributed by atoms with Crippen molar-refractivity contribution in [3.8, 4) is 0 Å². The van der Waals surface area contributed by atoms with Crippen molar-refractivity contribution >= 4 is 23.4 Å². The average Bonchev–Trinajstić information content (AvgIpc) is 3.07. The minimum Gasteiger partial charge on any atom is -0.325 e. The first-order valence-corrected chi connectivity index (χ1v) is 11.1. The maximum Gasteiger partial charge on any atom is 0.234 e. The fourth-order valence-corrected chi connectivity index (χ4v) is 4.52. The van der Waals surface area contributed by atoms with Gasteiger partial charge in [0.15, 0.2) is 5.16 Å². The Balaban J connectivity index is 1.53. The second kappa shape index (κ2) is 9.93. The standard InChI is InChI=1S/C21H30N4OS/c1-3-4-8-17-11-13-18(14-12-17)22-20(26)15-27-21-24-23-16(2)25(21)19-9-6-5-7-10-19/h11-14,19H,3-10,15H2,1-2H3,(H,22,26). The van der Waals surface area contributed by atoms with Crippen LogP contribution in [-0.4, -0.2) is 26.4 Å². The third-order valence-electron chi connectivity index (χ3n) is 5.16. The van der Waals surface area contributed by atoms with Crippen LogP contribution in [0.4, 0.5) is 5.69 Å². The molecule has 1 aliphatic carbocycles. The van der Waals surface area contributed by atoms with Crippen LogP contribution in [0, 0.1) is 6.92 Å². The van der Waals surface area contributed by atoms with Crippen molar-refractivity contribution in [2.24, 2.45) is 0 Å². The van der Waals surface area contributed by atoms with Gasteiger partial charge in [0, 0.05) is 11.7 Å². The van der Waals surface area contributed by atoms with Crippen molar-refractivity contribution in [1.29, 1.82) is 0 Å². The Hall–Kier alpha value is -1.82. The molecule has 146 valence electrons. The van der Waals surface area contributed by atoms with Crippen LogP contribution in [0.2, 0.25) is 0 Å². The molecule has 6 heteroatoms. The van der Waals surface area contributed by atoms with Gasteiger partial charge in [-0.3, -0.25) is 4.79 Å². The summed E-state index contributed by atoms with van der Waals surface area (Å²) in [6, 6.07) is 8.66. The quantitative estimate of drug-likeness (QED) is 0.636. The van der Waals surface area contributed by atoms with Gasteiger partial charge < -0.3 is 9.88 Å². The molecule has 1 amide bonds. The third-order valence-corrected chi connectivity index (χ3v) is 6.11. The molecule has 1 N–H and O–H groups in total. The van der Waals surface area contributed by atoms with Crippen LogP contribution in [0.3, 0.4) is 0 Å². The SMILES string of the molecule is CCCCc1ccc(NC(=O)CSc2nnc(C)n2C2CCCCC2)cc1. The van der Waals surface area contributed by atoms with Crippen LogP contribution in [-0.2, 0) is 11.2 Å². The van der Waals surface area contributed by atoms with Crippen molar-refractivity contribution in [3.63, 3.8) is 0 Å². The first-order valence-electron chi connectivity index (χ1n) is 10.1. The zero-order valence-corrected chi connectivity index (χ0v) is 17.2. The van der Waals surface area contributed by atoms with Gasteiger partial charge in [0.25, 0.3) is 0 Å². The lowest BCUT2D eigenvalue weighted by Crippen LogP contribution is -2.17. The molecule has 2 aromatic rings. The molecule has 0 radical (unpaired) electrons. The van der Waals surface area contributed by atoms with E-state index >= 15 is 0 Å². The van der Waals surface area contributed by atoms with Crippen molar-refractivity contribution < 1.29 is 4.79 Å². The van der Waals surface area contributed by atoms with Gasteiger partial charge in [0.1, 0.15) is 5.82 Å². The number of thioether (sulfide) groups is 1. The van der Waals surface area contributed by atoms with Crippen molar-refractivity contribution in [1.82, 2.24) is 14.8 Å². The molecule has 3 rings (SSSR count). The van der Waals surface area contributed by atoms with Crippen LogP contribution >= 0.6 is 11.8 Å². The highest BCUT2D eigenvalue weighted by molar-refractivity contribution is 7.99. The zero-order valence-electron chi connectivity index (χ0n) is 16.4. The van der Waals surface area contributed by atoms with E-state index in [-0.39, 0.29) is 5.91 Å². The van der Waals surface area contributed by atoms with Crippen molar-refractivity contribution in [2.75, 3.05) is 11.1 Å². The molecule has 0 saturated heterocycles. The summed E-state index contributed by atoms with van der Waals surface area (Å²) < 4.78 is 2.24. The summed E-state index contributed by atoms with van der Waals surface area (Å²) >= 11 is 1.48. The summed E-state index contributed by atoms with van der Waals surface area (Å²) in [5.74, 6) is 1.30. The second-order valence-corrected chi connectivity index (χ2v) is 8.27. The molecule has 1 aromatic heterocycles. The number of nitrogens with zero attached hydrogens (tertiary/aromatic N) is 3. The number of hydrogen-bond donors (Lipinski definition) is 1. The highest BCUT2D eigenvalue weighted by atomic mass is 32.2. The minimum atomic E-state index is -0.00263. The van der Waals surface area contributed by atoms with Crippen LogP contribution in [0.5, 0.6) is 0 Å². The molecule has 0 aliphatic heterocycles. The molecule has 1 fully saturated rings. The first-order chi connectivity index (χ1) is 13.2. The van der Waals surface area contributed by atoms with E-state index in [1.54, 1.807) is 0 Å². The van der Waals surface area contributed by atoms with E-state index in [1.165, 1.54) is 62.3 Å². The Morgan fingerprint density at radius 3 is 2.63 bits per heavy atom. The summed E-state index contributed by atoms with van der Waals surface area (Å²) in [5, 5.41) is 12.4. The second-order valence-electron chi connectivity index (χ2n) is 7.33. The number of carbonyl (C=O) groups is 1. The topological polar surface area (TPSA) is 59.8 Å². The van der Waals surface area contributed by atoms with E-state index in [2.05, 4.69) is 39.1 Å². The first kappa shape index (κ1) is 19.9. The summed E-state index contributed by atoms with van der Waals surface area (Å²) in [5.41, 5.74) is 2.17. The number of anilines is 1. The number of aromatic nitrogens is 3. The third kappa shape index (κ3) is 5.58. The normalized spacial score (nSPS) is 15.0. The van der Waals surface area contributed by atoms with Gasteiger partial charge in [-0.25, -0.2) is 0 Å². The van der Waals surface area contributed by atoms with Gasteiger partial charge >= 0.3 is 0 Å². The van der Waals surface area contributed by atoms with E-state index in [1.807, 2.05) is 19.1 Å². The predicted octanol–water partition coefficient (Wildman–Crippen LogP) is 5.17. The Kier molecular flexibility index (Phi) is 7.33. The Labute approximate surface area is 166 Å². The highest BCUT2D eigenvalue weighted by Gasteiger charge is 2.21. The highest BCUT2D eigenvalue weighted by Crippen LogP contribution is 2.32. The molecule has 1 saturated carbocycles. The van der Waals surface area contributed by atoms with Crippen LogP contribution in [0.15, 0.2) is 29.4 Å². The summed E-state index contributed by atoms with van der Waals surface area (Å²) in [6.07, 6.45) is 9.70. The molecular formula is C21H30N4OS. The zero-order chi connectivity index (χ0) is 19.1. The van der Waals surface area contributed by atoms with Crippen LogP contribution in [0.25, 0.3) is 0 Å². The Bertz CT molecular complexity index is 735. The van der Waals surface area contributed by atoms with Crippen molar-refractivity contribution in [3.05, 3.63) is 35.7 Å². The molecule has 5 nitrogen and oxygen atoms in total. The van der Waals surface area contributed by atoms with Gasteiger partial charge in [0.05, 0.1) is 5.75 Å². The van der Waals surface area contributed by atoms with E-state index in [0.717, 1.165) is 23.1 Å². The van der Waals surface area contributed by atoms with Gasteiger partial charge in [-0.2, -0.15) is 0 Å². The average molecular weight is 387 g/mol. The van der Waals surface area contributed by atoms with Gasteiger partial charge in [-0.15, -0.1) is 10.2 Å². The number of nitrogens with one attached hydrogen (secondary N) is 1. The van der Waals surface area contributed by atoms with E-state index in [4.69, 9.17) is 0 Å². The summed E-state index contributed by atoms with van der Waals surface area (Å²) in [7, 11) is 0. The summed E-state index contributed by atoms with van der Waals surface area (Å²) in [4.78, 5) is 12.3. The van der Waals surface area contributed by atoms with Crippen molar-refractivity contribution in [2.45, 2.75) is 76.4 Å². The number of amides is 1. The lowest BCUT2D eigenvalue weighted by molar-refractivity contribution is -0.113. The molecule has 1 aromatic carbocycles. The lowest BCUT2D eigenvalue weighted by atomic mass is 9.95. The number of unbranched alkanes of at least 4 members (excludes halogenated alkanes) is 1. The monoisotopic (exact) mass is 386 g/mol. The Morgan fingerprint density at radius 2 is 1.93 bits per heavy atom. The largest absolute Gasteiger partial charge is 0.325 e. The van der Waals surface area contributed by atoms with Crippen LogP contribution < -0.4 is 5.32 Å². The summed E-state index contributed by atoms with van der Waals surface area (Å²) in [6.45, 7) is 4.20. The lowest BCUT2D eigenvalue weighted by Gasteiger charge is -2.24. The fraction of sp³-hybridized carbons (Fsp3) is 0.571.